The van der Waals surface area contributed by atoms with Crippen LogP contribution in [0.5, 0.6) is 0 Å². The minimum atomic E-state index is 0.173. The van der Waals surface area contributed by atoms with E-state index < -0.39 is 0 Å². The SMILES string of the molecule is O=[n+]1nc(C2CC2)n([O-])c2ccccc21. The van der Waals surface area contributed by atoms with Crippen LogP contribution in [0.25, 0.3) is 11.0 Å². The Kier molecular flexibility index (Phi) is 1.56. The Bertz CT molecular complexity index is 587. The molecule has 1 aromatic carbocycles. The molecular formula is C10H9N3O2. The lowest BCUT2D eigenvalue weighted by Crippen LogP contribution is -2.25. The summed E-state index contributed by atoms with van der Waals surface area (Å²) in [6.45, 7) is 0. The zero-order valence-electron chi connectivity index (χ0n) is 7.96. The topological polar surface area (TPSA) is 63.8 Å². The van der Waals surface area contributed by atoms with Crippen molar-refractivity contribution in [3.8, 4) is 0 Å². The van der Waals surface area contributed by atoms with Gasteiger partial charge in [0, 0.05) is 12.0 Å². The molecule has 3 rings (SSSR count). The van der Waals surface area contributed by atoms with Gasteiger partial charge >= 0.3 is 5.52 Å². The second-order valence-corrected chi connectivity index (χ2v) is 3.79. The lowest BCUT2D eigenvalue weighted by Gasteiger charge is -2.13. The molecule has 0 spiro atoms. The Morgan fingerprint density at radius 3 is 2.87 bits per heavy atom. The predicted molar refractivity (Wildman–Crippen MR) is 53.8 cm³/mol. The fraction of sp³-hybridized carbons (Fsp3) is 0.300. The van der Waals surface area contributed by atoms with Crippen LogP contribution in [0.15, 0.2) is 24.3 Å². The monoisotopic (exact) mass is 203 g/mol. The van der Waals surface area contributed by atoms with Crippen LogP contribution in [0, 0.1) is 10.1 Å². The van der Waals surface area contributed by atoms with Crippen molar-refractivity contribution in [3.63, 3.8) is 0 Å². The first-order valence-electron chi connectivity index (χ1n) is 4.89. The molecule has 5 nitrogen and oxygen atoms in total. The van der Waals surface area contributed by atoms with E-state index in [2.05, 4.69) is 5.10 Å². The van der Waals surface area contributed by atoms with Crippen LogP contribution in [0.3, 0.4) is 0 Å². The average Bonchev–Trinajstić information content (AvgIpc) is 3.07. The van der Waals surface area contributed by atoms with Gasteiger partial charge in [-0.25, -0.2) is 0 Å². The third-order valence-electron chi connectivity index (χ3n) is 2.65. The molecular weight excluding hydrogens is 194 g/mol. The molecule has 1 heterocycles. The molecule has 15 heavy (non-hydrogen) atoms. The maximum atomic E-state index is 11.9. The quantitative estimate of drug-likeness (QED) is 0.653. The summed E-state index contributed by atoms with van der Waals surface area (Å²) < 4.78 is 1.32. The maximum absolute atomic E-state index is 11.9. The van der Waals surface area contributed by atoms with Gasteiger partial charge in [0.25, 0.3) is 0 Å². The summed E-state index contributed by atoms with van der Waals surface area (Å²) in [6.07, 6.45) is 1.90. The lowest BCUT2D eigenvalue weighted by molar-refractivity contribution is -0.538. The van der Waals surface area contributed by atoms with Crippen LogP contribution in [0.2, 0.25) is 0 Å². The van der Waals surface area contributed by atoms with Crippen molar-refractivity contribution in [2.24, 2.45) is 0 Å². The summed E-state index contributed by atoms with van der Waals surface area (Å²) in [4.78, 5) is 11.5. The van der Waals surface area contributed by atoms with E-state index in [0.717, 1.165) is 17.6 Å². The molecule has 0 N–H and O–H groups in total. The van der Waals surface area contributed by atoms with E-state index in [0.29, 0.717) is 21.4 Å². The number of hydrogen-bond donors (Lipinski definition) is 0. The first kappa shape index (κ1) is 8.40. The molecule has 0 radical (unpaired) electrons. The molecule has 76 valence electrons. The van der Waals surface area contributed by atoms with Crippen molar-refractivity contribution in [1.29, 1.82) is 0 Å². The molecule has 2 aromatic rings. The second kappa shape index (κ2) is 2.79. The van der Waals surface area contributed by atoms with Crippen LogP contribution in [0.1, 0.15) is 24.6 Å². The lowest BCUT2D eigenvalue weighted by atomic mass is 10.3. The van der Waals surface area contributed by atoms with Gasteiger partial charge in [0.15, 0.2) is 10.4 Å². The molecule has 0 amide bonds. The number of rotatable bonds is 1. The standard InChI is InChI=1S/C10H9N3O2/c14-12-8-3-1-2-4-9(8)13(15)11-10(12)7-5-6-7/h1-4,7H,5-6H2. The summed E-state index contributed by atoms with van der Waals surface area (Å²) >= 11 is 0. The van der Waals surface area contributed by atoms with Crippen molar-refractivity contribution in [3.05, 3.63) is 40.2 Å². The number of aromatic nitrogens is 3. The number of nitrogens with zero attached hydrogens (tertiary/aromatic N) is 3. The van der Waals surface area contributed by atoms with Gasteiger partial charge < -0.3 is 9.94 Å². The van der Waals surface area contributed by atoms with Gasteiger partial charge in [0.05, 0.1) is 10.0 Å². The van der Waals surface area contributed by atoms with E-state index in [1.165, 1.54) is 0 Å². The highest BCUT2D eigenvalue weighted by molar-refractivity contribution is 5.71. The first-order chi connectivity index (χ1) is 7.27. The van der Waals surface area contributed by atoms with Crippen molar-refractivity contribution in [2.45, 2.75) is 18.8 Å². The van der Waals surface area contributed by atoms with E-state index in [1.807, 2.05) is 0 Å². The molecule has 5 heteroatoms. The van der Waals surface area contributed by atoms with Crippen LogP contribution >= 0.6 is 0 Å². The summed E-state index contributed by atoms with van der Waals surface area (Å²) in [5, 5.41) is 15.6. The molecule has 0 atom stereocenters. The van der Waals surface area contributed by atoms with Crippen LogP contribution in [0.4, 0.5) is 0 Å². The third-order valence-corrected chi connectivity index (χ3v) is 2.65. The van der Waals surface area contributed by atoms with Gasteiger partial charge in [-0.05, 0) is 18.9 Å². The molecule has 1 aromatic heterocycles. The van der Waals surface area contributed by atoms with Crippen molar-refractivity contribution < 1.29 is 4.54 Å². The highest BCUT2D eigenvalue weighted by Crippen LogP contribution is 2.38. The Hall–Kier alpha value is -1.91. The number of benzene rings is 1. The van der Waals surface area contributed by atoms with Crippen LogP contribution < -0.4 is 4.54 Å². The Morgan fingerprint density at radius 1 is 1.40 bits per heavy atom. The van der Waals surface area contributed by atoms with Crippen molar-refractivity contribution >= 4 is 11.0 Å². The van der Waals surface area contributed by atoms with Gasteiger partial charge in [-0.3, -0.25) is 0 Å². The smallest absolute Gasteiger partial charge is 0.318 e. The van der Waals surface area contributed by atoms with Gasteiger partial charge in [0.1, 0.15) is 5.52 Å². The highest BCUT2D eigenvalue weighted by atomic mass is 16.5. The first-order valence-corrected chi connectivity index (χ1v) is 4.89. The van der Waals surface area contributed by atoms with E-state index in [9.17, 15) is 10.1 Å². The van der Waals surface area contributed by atoms with E-state index in [-0.39, 0.29) is 5.92 Å². The molecule has 0 aliphatic heterocycles. The molecule has 0 saturated heterocycles. The molecule has 1 fully saturated rings. The van der Waals surface area contributed by atoms with Crippen molar-refractivity contribution in [1.82, 2.24) is 9.83 Å². The number of hydrogen-bond acceptors (Lipinski definition) is 3. The zero-order chi connectivity index (χ0) is 10.4. The minimum absolute atomic E-state index is 0.173. The van der Waals surface area contributed by atoms with E-state index in [1.54, 1.807) is 24.3 Å². The Morgan fingerprint density at radius 2 is 2.13 bits per heavy atom. The van der Waals surface area contributed by atoms with Crippen LogP contribution in [-0.2, 0) is 0 Å². The summed E-state index contributed by atoms with van der Waals surface area (Å²) in [5.74, 6) is 0.524. The third kappa shape index (κ3) is 1.20. The number of fused-ring (bicyclic) bond motifs is 1. The second-order valence-electron chi connectivity index (χ2n) is 3.79. The minimum Gasteiger partial charge on any atom is -0.804 e. The molecule has 1 saturated carbocycles. The van der Waals surface area contributed by atoms with Crippen molar-refractivity contribution in [2.75, 3.05) is 0 Å². The van der Waals surface area contributed by atoms with Gasteiger partial charge in [-0.15, -0.1) is 0 Å². The molecule has 0 bridgehead atoms. The molecule has 0 unspecified atom stereocenters. The summed E-state index contributed by atoms with van der Waals surface area (Å²) in [7, 11) is 0. The Balaban J connectivity index is 2.41. The van der Waals surface area contributed by atoms with E-state index >= 15 is 0 Å². The Labute approximate surface area is 85.1 Å². The normalized spacial score (nSPS) is 15.7. The molecule has 1 aliphatic rings. The van der Waals surface area contributed by atoms with Gasteiger partial charge in [-0.1, -0.05) is 12.1 Å². The maximum Gasteiger partial charge on any atom is 0.318 e. The van der Waals surface area contributed by atoms with E-state index in [4.69, 9.17) is 0 Å². The fourth-order valence-electron chi connectivity index (χ4n) is 1.70. The molecule has 1 aliphatic carbocycles. The van der Waals surface area contributed by atoms with Gasteiger partial charge in [-0.2, -0.15) is 0 Å². The number of para-hydroxylation sites is 2. The predicted octanol–water partition coefficient (Wildman–Crippen LogP) is 1.17. The zero-order valence-corrected chi connectivity index (χ0v) is 7.96. The van der Waals surface area contributed by atoms with Crippen LogP contribution in [-0.4, -0.2) is 9.83 Å². The average molecular weight is 203 g/mol. The fourth-order valence-corrected chi connectivity index (χ4v) is 1.70. The van der Waals surface area contributed by atoms with Gasteiger partial charge in [0.2, 0.25) is 0 Å². The highest BCUT2D eigenvalue weighted by Gasteiger charge is 2.30. The summed E-state index contributed by atoms with van der Waals surface area (Å²) in [5.41, 5.74) is 0.710. The summed E-state index contributed by atoms with van der Waals surface area (Å²) in [6, 6.07) is 6.70. The largest absolute Gasteiger partial charge is 0.804 e.